The van der Waals surface area contributed by atoms with Crippen LogP contribution in [-0.2, 0) is 10.0 Å². The molecule has 0 bridgehead atoms. The highest BCUT2D eigenvalue weighted by Gasteiger charge is 2.21. The third kappa shape index (κ3) is 4.02. The molecule has 0 saturated heterocycles. The summed E-state index contributed by atoms with van der Waals surface area (Å²) in [7, 11) is 1.93. The van der Waals surface area contributed by atoms with E-state index in [4.69, 9.17) is 0 Å². The Kier molecular flexibility index (Phi) is 5.05. The summed E-state index contributed by atoms with van der Waals surface area (Å²) in [6, 6.07) is 1.55. The molecule has 0 aromatic carbocycles. The van der Waals surface area contributed by atoms with Crippen LogP contribution in [-0.4, -0.2) is 56.8 Å². The Hall–Kier alpha value is -0.500. The van der Waals surface area contributed by atoms with Crippen molar-refractivity contribution in [1.29, 1.82) is 0 Å². The van der Waals surface area contributed by atoms with Crippen LogP contribution in [0.4, 0.5) is 0 Å². The highest BCUT2D eigenvalue weighted by Crippen LogP contribution is 2.17. The maximum Gasteiger partial charge on any atom is 0.244 e. The van der Waals surface area contributed by atoms with E-state index in [9.17, 15) is 8.42 Å². The number of rotatable bonds is 5. The second kappa shape index (κ2) is 5.90. The Morgan fingerprint density at radius 3 is 2.41 bits per heavy atom. The SMILES string of the molecule is CN(C)CCN(C)S(=O)(=O)c1cncc(Br)c1. The van der Waals surface area contributed by atoms with E-state index in [1.54, 1.807) is 19.3 Å². The Bertz CT molecular complexity index is 476. The van der Waals surface area contributed by atoms with Crippen LogP contribution in [0.5, 0.6) is 0 Å². The third-order valence-electron chi connectivity index (χ3n) is 2.25. The van der Waals surface area contributed by atoms with Gasteiger partial charge in [-0.2, -0.15) is 4.31 Å². The monoisotopic (exact) mass is 321 g/mol. The first-order valence-electron chi connectivity index (χ1n) is 5.05. The molecule has 0 saturated carbocycles. The highest BCUT2D eigenvalue weighted by atomic mass is 79.9. The van der Waals surface area contributed by atoms with E-state index < -0.39 is 10.0 Å². The van der Waals surface area contributed by atoms with Gasteiger partial charge < -0.3 is 4.90 Å². The molecule has 0 amide bonds. The van der Waals surface area contributed by atoms with Crippen molar-refractivity contribution >= 4 is 26.0 Å². The first kappa shape index (κ1) is 14.6. The summed E-state index contributed by atoms with van der Waals surface area (Å²) in [5.41, 5.74) is 0. The molecule has 5 nitrogen and oxygen atoms in total. The average Bonchev–Trinajstić information content (AvgIpc) is 2.25. The van der Waals surface area contributed by atoms with E-state index in [0.717, 1.165) is 0 Å². The van der Waals surface area contributed by atoms with Crippen molar-refractivity contribution in [3.05, 3.63) is 22.9 Å². The Morgan fingerprint density at radius 1 is 1.24 bits per heavy atom. The molecule has 96 valence electrons. The van der Waals surface area contributed by atoms with Gasteiger partial charge in [0.05, 0.1) is 0 Å². The quantitative estimate of drug-likeness (QED) is 0.812. The van der Waals surface area contributed by atoms with Crippen LogP contribution in [0.1, 0.15) is 0 Å². The molecule has 0 spiro atoms. The Labute approximate surface area is 111 Å². The predicted octanol–water partition coefficient (Wildman–Crippen LogP) is 1.03. The van der Waals surface area contributed by atoms with Gasteiger partial charge in [0.1, 0.15) is 4.90 Å². The van der Waals surface area contributed by atoms with Crippen molar-refractivity contribution in [2.75, 3.05) is 34.2 Å². The molecule has 0 aliphatic heterocycles. The lowest BCUT2D eigenvalue weighted by Gasteiger charge is -2.19. The molecule has 0 unspecified atom stereocenters. The number of pyridine rings is 1. The molecular formula is C10H16BrN3O2S. The van der Waals surface area contributed by atoms with Crippen molar-refractivity contribution in [3.63, 3.8) is 0 Å². The number of hydrogen-bond acceptors (Lipinski definition) is 4. The van der Waals surface area contributed by atoms with E-state index >= 15 is 0 Å². The molecule has 1 aromatic rings. The van der Waals surface area contributed by atoms with Gasteiger partial charge in [0.15, 0.2) is 0 Å². The van der Waals surface area contributed by atoms with E-state index in [1.165, 1.54) is 10.5 Å². The zero-order chi connectivity index (χ0) is 13.1. The lowest BCUT2D eigenvalue weighted by Crippen LogP contribution is -2.33. The van der Waals surface area contributed by atoms with Gasteiger partial charge in [-0.3, -0.25) is 4.98 Å². The zero-order valence-corrected chi connectivity index (χ0v) is 12.5. The summed E-state index contributed by atoms with van der Waals surface area (Å²) >= 11 is 3.21. The van der Waals surface area contributed by atoms with Gasteiger partial charge in [-0.05, 0) is 36.1 Å². The second-order valence-electron chi connectivity index (χ2n) is 3.97. The van der Waals surface area contributed by atoms with Gasteiger partial charge in [0, 0.05) is 37.0 Å². The van der Waals surface area contributed by atoms with Crippen LogP contribution in [0.3, 0.4) is 0 Å². The van der Waals surface area contributed by atoms with Crippen LogP contribution in [0.15, 0.2) is 27.8 Å². The van der Waals surface area contributed by atoms with Gasteiger partial charge in [-0.1, -0.05) is 0 Å². The minimum atomic E-state index is -3.44. The Balaban J connectivity index is 2.88. The molecule has 1 aromatic heterocycles. The fraction of sp³-hybridized carbons (Fsp3) is 0.500. The summed E-state index contributed by atoms with van der Waals surface area (Å²) in [6.45, 7) is 1.12. The van der Waals surface area contributed by atoms with E-state index in [0.29, 0.717) is 17.6 Å². The molecule has 1 heterocycles. The van der Waals surface area contributed by atoms with Crippen molar-refractivity contribution in [2.24, 2.45) is 0 Å². The minimum Gasteiger partial charge on any atom is -0.308 e. The maximum absolute atomic E-state index is 12.1. The lowest BCUT2D eigenvalue weighted by atomic mass is 10.5. The third-order valence-corrected chi connectivity index (χ3v) is 4.51. The highest BCUT2D eigenvalue weighted by molar-refractivity contribution is 9.10. The summed E-state index contributed by atoms with van der Waals surface area (Å²) < 4.78 is 26.3. The van der Waals surface area contributed by atoms with Crippen LogP contribution < -0.4 is 0 Å². The summed E-state index contributed by atoms with van der Waals surface area (Å²) in [5.74, 6) is 0. The lowest BCUT2D eigenvalue weighted by molar-refractivity contribution is 0.358. The van der Waals surface area contributed by atoms with Crippen molar-refractivity contribution in [1.82, 2.24) is 14.2 Å². The molecular weight excluding hydrogens is 306 g/mol. The maximum atomic E-state index is 12.1. The van der Waals surface area contributed by atoms with Crippen molar-refractivity contribution < 1.29 is 8.42 Å². The fourth-order valence-corrected chi connectivity index (χ4v) is 2.84. The number of nitrogens with zero attached hydrogens (tertiary/aromatic N) is 3. The number of likely N-dealkylation sites (N-methyl/N-ethyl adjacent to an activating group) is 2. The van der Waals surface area contributed by atoms with E-state index in [2.05, 4.69) is 20.9 Å². The first-order valence-corrected chi connectivity index (χ1v) is 7.29. The molecule has 17 heavy (non-hydrogen) atoms. The number of halogens is 1. The smallest absolute Gasteiger partial charge is 0.244 e. The van der Waals surface area contributed by atoms with Gasteiger partial charge in [-0.25, -0.2) is 8.42 Å². The predicted molar refractivity (Wildman–Crippen MR) is 70.3 cm³/mol. The van der Waals surface area contributed by atoms with E-state index in [-0.39, 0.29) is 4.90 Å². The van der Waals surface area contributed by atoms with Crippen molar-refractivity contribution in [3.8, 4) is 0 Å². The van der Waals surface area contributed by atoms with Gasteiger partial charge >= 0.3 is 0 Å². The van der Waals surface area contributed by atoms with Crippen LogP contribution in [0.25, 0.3) is 0 Å². The van der Waals surface area contributed by atoms with Crippen molar-refractivity contribution in [2.45, 2.75) is 4.90 Å². The first-order chi connectivity index (χ1) is 7.84. The number of aromatic nitrogens is 1. The summed E-state index contributed by atoms with van der Waals surface area (Å²) in [6.07, 6.45) is 2.91. The molecule has 7 heteroatoms. The minimum absolute atomic E-state index is 0.202. The van der Waals surface area contributed by atoms with Crippen LogP contribution in [0.2, 0.25) is 0 Å². The normalized spacial score (nSPS) is 12.4. The molecule has 0 N–H and O–H groups in total. The average molecular weight is 322 g/mol. The molecule has 0 aliphatic carbocycles. The number of sulfonamides is 1. The molecule has 1 rings (SSSR count). The largest absolute Gasteiger partial charge is 0.308 e. The fourth-order valence-electron chi connectivity index (χ4n) is 1.17. The standard InChI is InChI=1S/C10H16BrN3O2S/c1-13(2)4-5-14(3)17(15,16)10-6-9(11)7-12-8-10/h6-8H,4-5H2,1-3H3. The molecule has 0 atom stereocenters. The topological polar surface area (TPSA) is 53.5 Å². The second-order valence-corrected chi connectivity index (χ2v) is 6.93. The molecule has 0 aliphatic rings. The molecule has 0 radical (unpaired) electrons. The van der Waals surface area contributed by atoms with Gasteiger partial charge in [-0.15, -0.1) is 0 Å². The molecule has 0 fully saturated rings. The number of hydrogen-bond donors (Lipinski definition) is 0. The Morgan fingerprint density at radius 2 is 1.88 bits per heavy atom. The summed E-state index contributed by atoms with van der Waals surface area (Å²) in [5, 5.41) is 0. The van der Waals surface area contributed by atoms with E-state index in [1.807, 2.05) is 19.0 Å². The van der Waals surface area contributed by atoms with Crippen LogP contribution >= 0.6 is 15.9 Å². The van der Waals surface area contributed by atoms with Gasteiger partial charge in [0.2, 0.25) is 10.0 Å². The summed E-state index contributed by atoms with van der Waals surface area (Å²) in [4.78, 5) is 6.00. The van der Waals surface area contributed by atoms with Gasteiger partial charge in [0.25, 0.3) is 0 Å². The van der Waals surface area contributed by atoms with Crippen LogP contribution in [0, 0.1) is 0 Å². The zero-order valence-electron chi connectivity index (χ0n) is 10.1.